The number of unbranched alkanes of at least 4 members (excludes halogenated alkanes) is 1. The molecule has 0 spiro atoms. The van der Waals surface area contributed by atoms with Crippen molar-refractivity contribution in [2.75, 3.05) is 33.7 Å². The third-order valence-electron chi connectivity index (χ3n) is 3.12. The summed E-state index contributed by atoms with van der Waals surface area (Å²) >= 11 is 0. The minimum absolute atomic E-state index is 0.285. The second-order valence-corrected chi connectivity index (χ2v) is 4.64. The lowest BCUT2D eigenvalue weighted by atomic mass is 10.1. The van der Waals surface area contributed by atoms with Gasteiger partial charge in [-0.1, -0.05) is 6.92 Å². The fraction of sp³-hybridized carbons (Fsp3) is 0.600. The molecular weight excluding hydrogens is 258 g/mol. The molecule has 0 aromatic heterocycles. The van der Waals surface area contributed by atoms with Crippen molar-refractivity contribution < 1.29 is 18.9 Å². The van der Waals surface area contributed by atoms with Crippen LogP contribution in [0.3, 0.4) is 0 Å². The lowest BCUT2D eigenvalue weighted by Crippen LogP contribution is -2.13. The van der Waals surface area contributed by atoms with Gasteiger partial charge < -0.3 is 24.3 Å². The van der Waals surface area contributed by atoms with Gasteiger partial charge in [0.05, 0.1) is 6.61 Å². The molecule has 0 saturated carbocycles. The van der Waals surface area contributed by atoms with Gasteiger partial charge in [-0.05, 0) is 25.5 Å². The zero-order valence-corrected chi connectivity index (χ0v) is 12.2. The average Bonchev–Trinajstić information content (AvgIpc) is 2.91. The molecule has 0 aliphatic carbocycles. The number of ether oxygens (including phenoxy) is 4. The Morgan fingerprint density at radius 3 is 2.65 bits per heavy atom. The molecule has 0 radical (unpaired) electrons. The van der Waals surface area contributed by atoms with Crippen LogP contribution in [0.25, 0.3) is 0 Å². The molecule has 0 unspecified atom stereocenters. The average molecular weight is 281 g/mol. The molecule has 0 fully saturated rings. The number of hydrogen-bond donors (Lipinski definition) is 1. The van der Waals surface area contributed by atoms with Gasteiger partial charge in [-0.2, -0.15) is 0 Å². The molecule has 1 aliphatic rings. The van der Waals surface area contributed by atoms with Crippen molar-refractivity contribution in [3.05, 3.63) is 17.7 Å². The highest BCUT2D eigenvalue weighted by atomic mass is 16.7. The molecule has 1 heterocycles. The summed E-state index contributed by atoms with van der Waals surface area (Å²) in [5, 5.41) is 3.31. The lowest BCUT2D eigenvalue weighted by molar-refractivity contribution is 0.173. The van der Waals surface area contributed by atoms with E-state index in [9.17, 15) is 0 Å². The van der Waals surface area contributed by atoms with E-state index in [-0.39, 0.29) is 6.79 Å². The quantitative estimate of drug-likeness (QED) is 0.704. The van der Waals surface area contributed by atoms with Crippen LogP contribution in [0.5, 0.6) is 17.2 Å². The molecule has 0 amide bonds. The number of benzene rings is 1. The normalized spacial score (nSPS) is 12.7. The van der Waals surface area contributed by atoms with Crippen LogP contribution in [0.1, 0.15) is 25.3 Å². The van der Waals surface area contributed by atoms with Crippen LogP contribution in [-0.2, 0) is 11.3 Å². The summed E-state index contributed by atoms with van der Waals surface area (Å²) in [5.74, 6) is 2.43. The minimum Gasteiger partial charge on any atom is -0.493 e. The van der Waals surface area contributed by atoms with Crippen LogP contribution in [0.2, 0.25) is 0 Å². The Labute approximate surface area is 120 Å². The first-order valence-electron chi connectivity index (χ1n) is 7.10. The molecule has 0 atom stereocenters. The van der Waals surface area contributed by atoms with Crippen molar-refractivity contribution in [2.45, 2.75) is 26.3 Å². The highest BCUT2D eigenvalue weighted by molar-refractivity contribution is 5.51. The van der Waals surface area contributed by atoms with Crippen LogP contribution < -0.4 is 19.5 Å². The van der Waals surface area contributed by atoms with E-state index < -0.39 is 0 Å². The largest absolute Gasteiger partial charge is 0.493 e. The van der Waals surface area contributed by atoms with Gasteiger partial charge in [0, 0.05) is 31.9 Å². The van der Waals surface area contributed by atoms with Gasteiger partial charge >= 0.3 is 0 Å². The topological polar surface area (TPSA) is 49.0 Å². The van der Waals surface area contributed by atoms with E-state index in [4.69, 9.17) is 18.9 Å². The molecule has 1 aromatic rings. The van der Waals surface area contributed by atoms with E-state index in [1.807, 2.05) is 12.1 Å². The van der Waals surface area contributed by atoms with Crippen molar-refractivity contribution >= 4 is 0 Å². The first-order valence-corrected chi connectivity index (χ1v) is 7.10. The van der Waals surface area contributed by atoms with Gasteiger partial charge in [0.25, 0.3) is 0 Å². The van der Waals surface area contributed by atoms with Gasteiger partial charge in [-0.15, -0.1) is 0 Å². The van der Waals surface area contributed by atoms with Gasteiger partial charge in [0.2, 0.25) is 6.79 Å². The molecule has 0 bridgehead atoms. The van der Waals surface area contributed by atoms with Crippen LogP contribution >= 0.6 is 0 Å². The second kappa shape index (κ2) is 7.97. The molecule has 1 aliphatic heterocycles. The second-order valence-electron chi connectivity index (χ2n) is 4.64. The minimum atomic E-state index is 0.285. The van der Waals surface area contributed by atoms with Crippen LogP contribution in [0, 0.1) is 0 Å². The summed E-state index contributed by atoms with van der Waals surface area (Å²) in [5.41, 5.74) is 1.10. The van der Waals surface area contributed by atoms with Crippen molar-refractivity contribution in [3.63, 3.8) is 0 Å². The maximum absolute atomic E-state index is 5.87. The zero-order valence-electron chi connectivity index (χ0n) is 12.2. The maximum Gasteiger partial charge on any atom is 0.231 e. The maximum atomic E-state index is 5.87. The summed E-state index contributed by atoms with van der Waals surface area (Å²) in [7, 11) is 1.72. The highest BCUT2D eigenvalue weighted by Gasteiger charge is 2.17. The standard InChI is InChI=1S/C15H23NO4/c1-3-16-10-12-8-14-15(20-11-19-14)9-13(12)18-7-5-4-6-17-2/h8-9,16H,3-7,10-11H2,1-2H3. The van der Waals surface area contributed by atoms with E-state index in [0.717, 1.165) is 55.4 Å². The molecule has 5 nitrogen and oxygen atoms in total. The Hall–Kier alpha value is -1.46. The number of methoxy groups -OCH3 is 1. The fourth-order valence-electron chi connectivity index (χ4n) is 2.03. The van der Waals surface area contributed by atoms with E-state index in [1.165, 1.54) is 0 Å². The first kappa shape index (κ1) is 14.9. The monoisotopic (exact) mass is 281 g/mol. The zero-order chi connectivity index (χ0) is 14.2. The smallest absolute Gasteiger partial charge is 0.231 e. The number of fused-ring (bicyclic) bond motifs is 1. The van der Waals surface area contributed by atoms with Crippen LogP contribution in [-0.4, -0.2) is 33.7 Å². The Bertz CT molecular complexity index is 423. The SMILES string of the molecule is CCNCc1cc2c(cc1OCCCCOC)OCO2. The predicted octanol–water partition coefficient (Wildman–Crippen LogP) is 2.33. The summed E-state index contributed by atoms with van der Waals surface area (Å²) in [4.78, 5) is 0. The summed E-state index contributed by atoms with van der Waals surface area (Å²) < 4.78 is 21.7. The van der Waals surface area contributed by atoms with Crippen LogP contribution in [0.15, 0.2) is 12.1 Å². The number of rotatable bonds is 9. The third-order valence-corrected chi connectivity index (χ3v) is 3.12. The van der Waals surface area contributed by atoms with Crippen molar-refractivity contribution in [1.82, 2.24) is 5.32 Å². The first-order chi connectivity index (χ1) is 9.85. The van der Waals surface area contributed by atoms with E-state index in [0.29, 0.717) is 6.61 Å². The van der Waals surface area contributed by atoms with E-state index in [1.54, 1.807) is 7.11 Å². The van der Waals surface area contributed by atoms with Gasteiger partial charge in [0.15, 0.2) is 11.5 Å². The van der Waals surface area contributed by atoms with E-state index >= 15 is 0 Å². The van der Waals surface area contributed by atoms with Crippen molar-refractivity contribution in [2.24, 2.45) is 0 Å². The molecule has 20 heavy (non-hydrogen) atoms. The summed E-state index contributed by atoms with van der Waals surface area (Å²) in [6.45, 7) is 5.50. The van der Waals surface area contributed by atoms with Gasteiger partial charge in [0.1, 0.15) is 5.75 Å². The Kier molecular flexibility index (Phi) is 5.95. The molecular formula is C15H23NO4. The number of nitrogens with one attached hydrogen (secondary N) is 1. The summed E-state index contributed by atoms with van der Waals surface area (Å²) in [6, 6.07) is 3.92. The number of hydrogen-bond acceptors (Lipinski definition) is 5. The van der Waals surface area contributed by atoms with Gasteiger partial charge in [-0.25, -0.2) is 0 Å². The molecule has 2 rings (SSSR count). The van der Waals surface area contributed by atoms with Crippen molar-refractivity contribution in [1.29, 1.82) is 0 Å². The van der Waals surface area contributed by atoms with Crippen LogP contribution in [0.4, 0.5) is 0 Å². The Morgan fingerprint density at radius 1 is 1.15 bits per heavy atom. The Morgan fingerprint density at radius 2 is 1.90 bits per heavy atom. The molecule has 1 aromatic carbocycles. The predicted molar refractivity (Wildman–Crippen MR) is 76.6 cm³/mol. The summed E-state index contributed by atoms with van der Waals surface area (Å²) in [6.07, 6.45) is 1.98. The Balaban J connectivity index is 1.97. The third kappa shape index (κ3) is 4.02. The molecule has 112 valence electrons. The lowest BCUT2D eigenvalue weighted by Gasteiger charge is -2.13. The van der Waals surface area contributed by atoms with Crippen molar-refractivity contribution in [3.8, 4) is 17.2 Å². The van der Waals surface area contributed by atoms with E-state index in [2.05, 4.69) is 12.2 Å². The molecule has 0 saturated heterocycles. The highest BCUT2D eigenvalue weighted by Crippen LogP contribution is 2.38. The fourth-order valence-corrected chi connectivity index (χ4v) is 2.03. The van der Waals surface area contributed by atoms with Gasteiger partial charge in [-0.3, -0.25) is 0 Å². The molecule has 5 heteroatoms. The molecule has 1 N–H and O–H groups in total.